The molecule has 3 N–H and O–H groups in total. The summed E-state index contributed by atoms with van der Waals surface area (Å²) in [6.07, 6.45) is 2.94. The van der Waals surface area contributed by atoms with Gasteiger partial charge in [0.1, 0.15) is 23.9 Å². The fraction of sp³-hybridized carbons (Fsp3) is 0.464. The standard InChI is InChI=1S/C28H39N3O5/c1-5-6-7-11-17-31(24(33)20-30-27(35)36-28(2,3)4)25(22-15-12-16-23(32)18-22)26(34)29-19-21-13-9-8-10-14-21/h8-10,12-16,18,25,32H,5-7,11,17,19-20H2,1-4H3,(H,29,34)(H,30,35). The number of hydrogen-bond acceptors (Lipinski definition) is 5. The molecule has 3 amide bonds. The van der Waals surface area contributed by atoms with Crippen LogP contribution in [0.25, 0.3) is 0 Å². The number of ether oxygens (including phenoxy) is 1. The summed E-state index contributed by atoms with van der Waals surface area (Å²) in [7, 11) is 0. The van der Waals surface area contributed by atoms with Gasteiger partial charge in [-0.2, -0.15) is 0 Å². The van der Waals surface area contributed by atoms with Crippen molar-refractivity contribution in [3.63, 3.8) is 0 Å². The molecule has 2 aromatic rings. The fourth-order valence-corrected chi connectivity index (χ4v) is 3.72. The fourth-order valence-electron chi connectivity index (χ4n) is 3.72. The molecule has 2 aromatic carbocycles. The lowest BCUT2D eigenvalue weighted by Crippen LogP contribution is -2.48. The average molecular weight is 498 g/mol. The van der Waals surface area contributed by atoms with Crippen molar-refractivity contribution >= 4 is 17.9 Å². The Morgan fingerprint density at radius 3 is 2.33 bits per heavy atom. The normalized spacial score (nSPS) is 11.9. The molecular formula is C28H39N3O5. The Labute approximate surface area is 214 Å². The molecule has 0 saturated heterocycles. The van der Waals surface area contributed by atoms with E-state index < -0.39 is 23.6 Å². The van der Waals surface area contributed by atoms with Crippen LogP contribution in [-0.2, 0) is 20.9 Å². The van der Waals surface area contributed by atoms with Gasteiger partial charge in [0.25, 0.3) is 0 Å². The van der Waals surface area contributed by atoms with Crippen LogP contribution in [0.4, 0.5) is 4.79 Å². The van der Waals surface area contributed by atoms with E-state index in [1.807, 2.05) is 30.3 Å². The molecule has 0 spiro atoms. The second kappa shape index (κ2) is 14.1. The Morgan fingerprint density at radius 1 is 0.972 bits per heavy atom. The smallest absolute Gasteiger partial charge is 0.408 e. The zero-order valence-electron chi connectivity index (χ0n) is 21.8. The van der Waals surface area contributed by atoms with Gasteiger partial charge in [-0.1, -0.05) is 68.7 Å². The zero-order valence-corrected chi connectivity index (χ0v) is 21.8. The van der Waals surface area contributed by atoms with E-state index in [1.165, 1.54) is 17.0 Å². The van der Waals surface area contributed by atoms with Crippen molar-refractivity contribution in [3.8, 4) is 5.75 Å². The number of unbranched alkanes of at least 4 members (excludes halogenated alkanes) is 3. The topological polar surface area (TPSA) is 108 Å². The Hall–Kier alpha value is -3.55. The number of benzene rings is 2. The van der Waals surface area contributed by atoms with E-state index >= 15 is 0 Å². The lowest BCUT2D eigenvalue weighted by atomic mass is 10.0. The molecular weight excluding hydrogens is 458 g/mol. The van der Waals surface area contributed by atoms with Crippen molar-refractivity contribution in [2.75, 3.05) is 13.1 Å². The number of phenols is 1. The van der Waals surface area contributed by atoms with Gasteiger partial charge in [0.05, 0.1) is 0 Å². The third kappa shape index (κ3) is 9.98. The number of amides is 3. The van der Waals surface area contributed by atoms with E-state index in [-0.39, 0.29) is 18.2 Å². The summed E-state index contributed by atoms with van der Waals surface area (Å²) in [4.78, 5) is 40.5. The number of carbonyl (C=O) groups excluding carboxylic acids is 3. The Kier molecular flexibility index (Phi) is 11.2. The molecule has 196 valence electrons. The van der Waals surface area contributed by atoms with E-state index in [4.69, 9.17) is 4.74 Å². The summed E-state index contributed by atoms with van der Waals surface area (Å²) in [5.41, 5.74) is 0.712. The van der Waals surface area contributed by atoms with Crippen LogP contribution in [0.15, 0.2) is 54.6 Å². The van der Waals surface area contributed by atoms with Crippen LogP contribution in [0.2, 0.25) is 0 Å². The highest BCUT2D eigenvalue weighted by Crippen LogP contribution is 2.25. The lowest BCUT2D eigenvalue weighted by Gasteiger charge is -2.32. The first kappa shape index (κ1) is 28.7. The van der Waals surface area contributed by atoms with Gasteiger partial charge in [0, 0.05) is 13.1 Å². The molecule has 0 aliphatic rings. The van der Waals surface area contributed by atoms with Crippen LogP contribution in [0, 0.1) is 0 Å². The van der Waals surface area contributed by atoms with Gasteiger partial charge in [-0.05, 0) is 50.5 Å². The minimum absolute atomic E-state index is 0.00128. The van der Waals surface area contributed by atoms with E-state index in [0.717, 1.165) is 24.8 Å². The Balaban J connectivity index is 2.28. The SMILES string of the molecule is CCCCCCN(C(=O)CNC(=O)OC(C)(C)C)C(C(=O)NCc1ccccc1)c1cccc(O)c1. The lowest BCUT2D eigenvalue weighted by molar-refractivity contribution is -0.140. The molecule has 0 fully saturated rings. The summed E-state index contributed by atoms with van der Waals surface area (Å²) < 4.78 is 5.24. The van der Waals surface area contributed by atoms with E-state index in [0.29, 0.717) is 25.1 Å². The number of rotatable bonds is 12. The molecule has 0 radical (unpaired) electrons. The summed E-state index contributed by atoms with van der Waals surface area (Å²) in [6, 6.07) is 14.9. The van der Waals surface area contributed by atoms with Gasteiger partial charge in [0.2, 0.25) is 11.8 Å². The molecule has 1 unspecified atom stereocenters. The molecule has 8 nitrogen and oxygen atoms in total. The minimum Gasteiger partial charge on any atom is -0.508 e. The van der Waals surface area contributed by atoms with E-state index in [2.05, 4.69) is 17.6 Å². The molecule has 8 heteroatoms. The highest BCUT2D eigenvalue weighted by Gasteiger charge is 2.31. The highest BCUT2D eigenvalue weighted by atomic mass is 16.6. The molecule has 2 rings (SSSR count). The Morgan fingerprint density at radius 2 is 1.69 bits per heavy atom. The third-order valence-corrected chi connectivity index (χ3v) is 5.41. The molecule has 0 saturated carbocycles. The average Bonchev–Trinajstić information content (AvgIpc) is 2.82. The van der Waals surface area contributed by atoms with Gasteiger partial charge < -0.3 is 25.4 Å². The predicted molar refractivity (Wildman–Crippen MR) is 139 cm³/mol. The van der Waals surface area contributed by atoms with Crippen molar-refractivity contribution in [1.82, 2.24) is 15.5 Å². The molecule has 36 heavy (non-hydrogen) atoms. The summed E-state index contributed by atoms with van der Waals surface area (Å²) in [5, 5.41) is 15.5. The molecule has 1 atom stereocenters. The second-order valence-corrected chi connectivity index (χ2v) is 9.70. The number of nitrogens with one attached hydrogen (secondary N) is 2. The van der Waals surface area contributed by atoms with Crippen LogP contribution in [-0.4, -0.2) is 46.6 Å². The largest absolute Gasteiger partial charge is 0.508 e. The van der Waals surface area contributed by atoms with E-state index in [9.17, 15) is 19.5 Å². The van der Waals surface area contributed by atoms with Crippen LogP contribution in [0.5, 0.6) is 5.75 Å². The van der Waals surface area contributed by atoms with Gasteiger partial charge >= 0.3 is 6.09 Å². The van der Waals surface area contributed by atoms with Gasteiger partial charge in [-0.15, -0.1) is 0 Å². The number of carbonyl (C=O) groups is 3. The number of aromatic hydroxyl groups is 1. The molecule has 0 aliphatic heterocycles. The first-order valence-corrected chi connectivity index (χ1v) is 12.5. The first-order chi connectivity index (χ1) is 17.1. The van der Waals surface area contributed by atoms with Crippen LogP contribution in [0.1, 0.15) is 70.5 Å². The van der Waals surface area contributed by atoms with E-state index in [1.54, 1.807) is 32.9 Å². The number of alkyl carbamates (subject to hydrolysis) is 1. The van der Waals surface area contributed by atoms with Gasteiger partial charge in [-0.25, -0.2) is 4.79 Å². The monoisotopic (exact) mass is 497 g/mol. The number of hydrogen-bond donors (Lipinski definition) is 3. The molecule has 0 aliphatic carbocycles. The summed E-state index contributed by atoms with van der Waals surface area (Å²) in [5.74, 6) is -0.787. The van der Waals surface area contributed by atoms with Crippen molar-refractivity contribution in [2.45, 2.75) is 71.6 Å². The van der Waals surface area contributed by atoms with Crippen LogP contribution in [0.3, 0.4) is 0 Å². The minimum atomic E-state index is -0.977. The molecule has 0 aromatic heterocycles. The number of phenolic OH excluding ortho intramolecular Hbond substituents is 1. The second-order valence-electron chi connectivity index (χ2n) is 9.70. The van der Waals surface area contributed by atoms with Crippen molar-refractivity contribution in [2.24, 2.45) is 0 Å². The maximum Gasteiger partial charge on any atom is 0.408 e. The third-order valence-electron chi connectivity index (χ3n) is 5.41. The van der Waals surface area contributed by atoms with Crippen LogP contribution < -0.4 is 10.6 Å². The highest BCUT2D eigenvalue weighted by molar-refractivity contribution is 5.90. The Bertz CT molecular complexity index is 988. The van der Waals surface area contributed by atoms with Crippen molar-refractivity contribution < 1.29 is 24.2 Å². The van der Waals surface area contributed by atoms with Gasteiger partial charge in [-0.3, -0.25) is 9.59 Å². The maximum atomic E-state index is 13.5. The summed E-state index contributed by atoms with van der Waals surface area (Å²) in [6.45, 7) is 7.62. The quantitative estimate of drug-likeness (QED) is 0.369. The number of nitrogens with zero attached hydrogens (tertiary/aromatic N) is 1. The van der Waals surface area contributed by atoms with Crippen molar-refractivity contribution in [1.29, 1.82) is 0 Å². The predicted octanol–water partition coefficient (Wildman–Crippen LogP) is 4.68. The maximum absolute atomic E-state index is 13.5. The first-order valence-electron chi connectivity index (χ1n) is 12.5. The van der Waals surface area contributed by atoms with Crippen LogP contribution >= 0.6 is 0 Å². The van der Waals surface area contributed by atoms with Gasteiger partial charge in [0.15, 0.2) is 0 Å². The van der Waals surface area contributed by atoms with Crippen molar-refractivity contribution in [3.05, 3.63) is 65.7 Å². The summed E-state index contributed by atoms with van der Waals surface area (Å²) >= 11 is 0. The molecule has 0 bridgehead atoms. The molecule has 0 heterocycles. The zero-order chi connectivity index (χ0) is 26.6.